The lowest BCUT2D eigenvalue weighted by Gasteiger charge is -2.05. The highest BCUT2D eigenvalue weighted by Gasteiger charge is 2.31. The summed E-state index contributed by atoms with van der Waals surface area (Å²) in [6.07, 6.45) is 1.44. The SMILES string of the molecule is O=C(NCCCn1ccnc1)c1sc2cc(C(F)(F)F)ccc2c1Cl. The van der Waals surface area contributed by atoms with Gasteiger partial charge in [0.25, 0.3) is 5.91 Å². The van der Waals surface area contributed by atoms with Crippen LogP contribution in [-0.4, -0.2) is 22.0 Å². The van der Waals surface area contributed by atoms with Gasteiger partial charge in [-0.1, -0.05) is 17.7 Å². The van der Waals surface area contributed by atoms with Crippen molar-refractivity contribution in [2.24, 2.45) is 0 Å². The second kappa shape index (κ2) is 7.05. The third-order valence-corrected chi connectivity index (χ3v) is 5.26. The number of carbonyl (C=O) groups excluding carboxylic acids is 1. The zero-order valence-electron chi connectivity index (χ0n) is 12.8. The van der Waals surface area contributed by atoms with Crippen LogP contribution in [0.4, 0.5) is 13.2 Å². The van der Waals surface area contributed by atoms with E-state index in [1.165, 1.54) is 6.07 Å². The summed E-state index contributed by atoms with van der Waals surface area (Å²) in [5.41, 5.74) is -0.759. The maximum absolute atomic E-state index is 12.8. The van der Waals surface area contributed by atoms with Crippen LogP contribution in [0.3, 0.4) is 0 Å². The molecule has 1 N–H and O–H groups in total. The first kappa shape index (κ1) is 17.8. The molecule has 25 heavy (non-hydrogen) atoms. The molecule has 0 atom stereocenters. The van der Waals surface area contributed by atoms with Crippen LogP contribution in [0.2, 0.25) is 5.02 Å². The highest BCUT2D eigenvalue weighted by Crippen LogP contribution is 2.39. The number of aromatic nitrogens is 2. The number of thiophene rings is 1. The Balaban J connectivity index is 1.69. The Morgan fingerprint density at radius 1 is 1.36 bits per heavy atom. The van der Waals surface area contributed by atoms with Crippen molar-refractivity contribution < 1.29 is 18.0 Å². The molecule has 2 aromatic heterocycles. The summed E-state index contributed by atoms with van der Waals surface area (Å²) in [5, 5.41) is 3.37. The van der Waals surface area contributed by atoms with Gasteiger partial charge in [-0.25, -0.2) is 4.98 Å². The molecule has 2 heterocycles. The number of halogens is 4. The fraction of sp³-hybridized carbons (Fsp3) is 0.250. The number of benzene rings is 1. The normalized spacial score (nSPS) is 11.8. The second-order valence-electron chi connectivity index (χ2n) is 5.36. The Hall–Kier alpha value is -2.06. The summed E-state index contributed by atoms with van der Waals surface area (Å²) in [6.45, 7) is 1.13. The molecule has 0 bridgehead atoms. The predicted molar refractivity (Wildman–Crippen MR) is 91.0 cm³/mol. The van der Waals surface area contributed by atoms with Crippen molar-refractivity contribution in [2.45, 2.75) is 19.1 Å². The van der Waals surface area contributed by atoms with Gasteiger partial charge in [0.15, 0.2) is 0 Å². The number of fused-ring (bicyclic) bond motifs is 1. The first-order valence-electron chi connectivity index (χ1n) is 7.39. The van der Waals surface area contributed by atoms with Gasteiger partial charge in [-0.3, -0.25) is 4.79 Å². The van der Waals surface area contributed by atoms with Gasteiger partial charge in [0, 0.05) is 35.6 Å². The standard InChI is InChI=1S/C16H13ClF3N3OS/c17-13-11-3-2-10(16(18,19)20)8-12(11)25-14(13)15(24)22-4-1-6-23-7-5-21-9-23/h2-3,5,7-9H,1,4,6H2,(H,22,24). The van der Waals surface area contributed by atoms with Gasteiger partial charge >= 0.3 is 6.18 Å². The van der Waals surface area contributed by atoms with Crippen LogP contribution in [0, 0.1) is 0 Å². The van der Waals surface area contributed by atoms with Crippen molar-refractivity contribution in [3.05, 3.63) is 52.4 Å². The minimum Gasteiger partial charge on any atom is -0.351 e. The van der Waals surface area contributed by atoms with Gasteiger partial charge in [-0.15, -0.1) is 11.3 Å². The Kier molecular flexibility index (Phi) is 5.01. The Morgan fingerprint density at radius 2 is 2.16 bits per heavy atom. The number of carbonyl (C=O) groups is 1. The van der Waals surface area contributed by atoms with Crippen LogP contribution in [0.15, 0.2) is 36.9 Å². The van der Waals surface area contributed by atoms with Gasteiger partial charge in [-0.2, -0.15) is 13.2 Å². The van der Waals surface area contributed by atoms with E-state index in [9.17, 15) is 18.0 Å². The third-order valence-electron chi connectivity index (χ3n) is 3.60. The predicted octanol–water partition coefficient (Wildman–Crippen LogP) is 4.59. The molecule has 0 spiro atoms. The van der Waals surface area contributed by atoms with Gasteiger partial charge in [-0.05, 0) is 18.6 Å². The maximum atomic E-state index is 12.8. The van der Waals surface area contributed by atoms with E-state index < -0.39 is 11.7 Å². The van der Waals surface area contributed by atoms with Gasteiger partial charge < -0.3 is 9.88 Å². The molecule has 0 aliphatic heterocycles. The number of rotatable bonds is 5. The van der Waals surface area contributed by atoms with Gasteiger partial charge in [0.05, 0.1) is 16.9 Å². The van der Waals surface area contributed by atoms with Crippen molar-refractivity contribution in [1.82, 2.24) is 14.9 Å². The molecule has 9 heteroatoms. The number of alkyl halides is 3. The second-order valence-corrected chi connectivity index (χ2v) is 6.79. The average Bonchev–Trinajstić information content (AvgIpc) is 3.18. The summed E-state index contributed by atoms with van der Waals surface area (Å²) in [5.74, 6) is -0.384. The third kappa shape index (κ3) is 3.96. The molecule has 0 aliphatic carbocycles. The molecule has 132 valence electrons. The van der Waals surface area contributed by atoms with Crippen molar-refractivity contribution in [3.8, 4) is 0 Å². The van der Waals surface area contributed by atoms with Crippen LogP contribution >= 0.6 is 22.9 Å². The molecule has 3 rings (SSSR count). The van der Waals surface area contributed by atoms with Gasteiger partial charge in [0.1, 0.15) is 4.88 Å². The number of nitrogens with one attached hydrogen (secondary N) is 1. The monoisotopic (exact) mass is 387 g/mol. The average molecular weight is 388 g/mol. The van der Waals surface area contributed by atoms with E-state index in [4.69, 9.17) is 11.6 Å². The molecule has 3 aromatic rings. The fourth-order valence-electron chi connectivity index (χ4n) is 2.35. The molecular formula is C16H13ClF3N3OS. The van der Waals surface area contributed by atoms with E-state index in [0.29, 0.717) is 29.6 Å². The molecule has 0 aliphatic rings. The summed E-state index contributed by atoms with van der Waals surface area (Å²) >= 11 is 7.13. The minimum atomic E-state index is -4.43. The fourth-order valence-corrected chi connectivity index (χ4v) is 3.82. The molecule has 4 nitrogen and oxygen atoms in total. The van der Waals surface area contributed by atoms with Crippen molar-refractivity contribution in [3.63, 3.8) is 0 Å². The quantitative estimate of drug-likeness (QED) is 0.651. The number of nitrogens with zero attached hydrogens (tertiary/aromatic N) is 2. The van der Waals surface area contributed by atoms with E-state index >= 15 is 0 Å². The highest BCUT2D eigenvalue weighted by molar-refractivity contribution is 7.21. The number of hydrogen-bond donors (Lipinski definition) is 1. The van der Waals surface area contributed by atoms with E-state index in [-0.39, 0.29) is 15.8 Å². The lowest BCUT2D eigenvalue weighted by atomic mass is 10.1. The zero-order valence-corrected chi connectivity index (χ0v) is 14.4. The molecule has 0 fully saturated rings. The molecule has 1 aromatic carbocycles. The van der Waals surface area contributed by atoms with Crippen LogP contribution in [0.25, 0.3) is 10.1 Å². The highest BCUT2D eigenvalue weighted by atomic mass is 35.5. The topological polar surface area (TPSA) is 46.9 Å². The van der Waals surface area contributed by atoms with E-state index in [1.54, 1.807) is 12.5 Å². The van der Waals surface area contributed by atoms with Crippen LogP contribution in [0.5, 0.6) is 0 Å². The Morgan fingerprint density at radius 3 is 2.84 bits per heavy atom. The summed E-state index contributed by atoms with van der Waals surface area (Å²) in [4.78, 5) is 16.4. The lowest BCUT2D eigenvalue weighted by Crippen LogP contribution is -2.24. The van der Waals surface area contributed by atoms with E-state index in [2.05, 4.69) is 10.3 Å². The van der Waals surface area contributed by atoms with Crippen molar-refractivity contribution >= 4 is 38.9 Å². The van der Waals surface area contributed by atoms with Crippen LogP contribution in [0.1, 0.15) is 21.7 Å². The number of amides is 1. The summed E-state index contributed by atoms with van der Waals surface area (Å²) in [7, 11) is 0. The number of aryl methyl sites for hydroxylation is 1. The first-order chi connectivity index (χ1) is 11.9. The molecule has 0 unspecified atom stereocenters. The Labute approximate surface area is 150 Å². The molecule has 0 saturated carbocycles. The molecule has 0 radical (unpaired) electrons. The van der Waals surface area contributed by atoms with E-state index in [1.807, 2.05) is 10.8 Å². The zero-order chi connectivity index (χ0) is 18.0. The maximum Gasteiger partial charge on any atom is 0.416 e. The van der Waals surface area contributed by atoms with E-state index in [0.717, 1.165) is 23.5 Å². The minimum absolute atomic E-state index is 0.181. The lowest BCUT2D eigenvalue weighted by molar-refractivity contribution is -0.137. The summed E-state index contributed by atoms with van der Waals surface area (Å²) < 4.78 is 40.6. The van der Waals surface area contributed by atoms with Gasteiger partial charge in [0.2, 0.25) is 0 Å². The number of imidazole rings is 1. The van der Waals surface area contributed by atoms with Crippen LogP contribution in [-0.2, 0) is 12.7 Å². The van der Waals surface area contributed by atoms with Crippen molar-refractivity contribution in [2.75, 3.05) is 6.54 Å². The van der Waals surface area contributed by atoms with Crippen molar-refractivity contribution in [1.29, 1.82) is 0 Å². The molecule has 1 amide bonds. The molecular weight excluding hydrogens is 375 g/mol. The smallest absolute Gasteiger partial charge is 0.351 e. The Bertz CT molecular complexity index is 890. The largest absolute Gasteiger partial charge is 0.416 e. The van der Waals surface area contributed by atoms with Crippen LogP contribution < -0.4 is 5.32 Å². The summed E-state index contributed by atoms with van der Waals surface area (Å²) in [6, 6.07) is 3.28. The first-order valence-corrected chi connectivity index (χ1v) is 8.59. The molecule has 0 saturated heterocycles. The number of hydrogen-bond acceptors (Lipinski definition) is 3.